The van der Waals surface area contributed by atoms with Gasteiger partial charge >= 0.3 is 0 Å². The molecule has 0 spiro atoms. The van der Waals surface area contributed by atoms with Crippen molar-refractivity contribution in [2.45, 2.75) is 0 Å². The van der Waals surface area contributed by atoms with Crippen LogP contribution in [-0.2, 0) is 4.79 Å². The van der Waals surface area contributed by atoms with Crippen LogP contribution in [0.25, 0.3) is 6.08 Å². The van der Waals surface area contributed by atoms with Crippen LogP contribution in [0.2, 0.25) is 10.0 Å². The summed E-state index contributed by atoms with van der Waals surface area (Å²) in [6.45, 7) is 0. The zero-order valence-corrected chi connectivity index (χ0v) is 18.0. The molecule has 0 radical (unpaired) electrons. The van der Waals surface area contributed by atoms with Crippen molar-refractivity contribution < 1.29 is 9.53 Å². The number of thioether (sulfide) groups is 1. The number of para-hydroxylation sites is 1. The molecule has 1 aliphatic heterocycles. The molecular weight excluding hydrogens is 445 g/mol. The Bertz CT molecular complexity index is 1130. The number of halogens is 2. The van der Waals surface area contributed by atoms with E-state index in [1.165, 1.54) is 16.7 Å². The van der Waals surface area contributed by atoms with E-state index in [9.17, 15) is 4.79 Å². The molecule has 3 aromatic carbocycles. The lowest BCUT2D eigenvalue weighted by Gasteiger charge is -2.15. The van der Waals surface area contributed by atoms with Crippen molar-refractivity contribution >= 4 is 69.2 Å². The molecule has 3 nitrogen and oxygen atoms in total. The minimum Gasteiger partial charge on any atom is -0.457 e. The molecule has 1 heterocycles. The number of rotatable bonds is 4. The molecule has 144 valence electrons. The lowest BCUT2D eigenvalue weighted by Crippen LogP contribution is -2.27. The van der Waals surface area contributed by atoms with Gasteiger partial charge in [-0.05, 0) is 54.1 Å². The molecule has 1 aliphatic rings. The average molecular weight is 458 g/mol. The standard InChI is InChI=1S/C22H13Cl2NO2S2/c23-18-10-9-15(13-19(18)24)25-21(26)20(29-22(25)28)12-14-5-4-8-17(11-14)27-16-6-2-1-3-7-16/h1-13H. The zero-order chi connectivity index (χ0) is 20.4. The molecule has 29 heavy (non-hydrogen) atoms. The third kappa shape index (κ3) is 4.49. The van der Waals surface area contributed by atoms with E-state index in [-0.39, 0.29) is 5.91 Å². The third-order valence-electron chi connectivity index (χ3n) is 4.09. The first kappa shape index (κ1) is 20.0. The predicted octanol–water partition coefficient (Wildman–Crippen LogP) is 7.19. The van der Waals surface area contributed by atoms with Gasteiger partial charge in [0.25, 0.3) is 5.91 Å². The molecule has 0 aromatic heterocycles. The van der Waals surface area contributed by atoms with E-state index in [0.29, 0.717) is 30.7 Å². The monoisotopic (exact) mass is 457 g/mol. The molecule has 0 aliphatic carbocycles. The Labute approximate surface area is 187 Å². The molecule has 0 unspecified atom stereocenters. The van der Waals surface area contributed by atoms with Crippen molar-refractivity contribution in [1.82, 2.24) is 0 Å². The summed E-state index contributed by atoms with van der Waals surface area (Å²) in [6.07, 6.45) is 1.80. The van der Waals surface area contributed by atoms with E-state index < -0.39 is 0 Å². The Balaban J connectivity index is 1.59. The highest BCUT2D eigenvalue weighted by Crippen LogP contribution is 2.38. The maximum Gasteiger partial charge on any atom is 0.270 e. The quantitative estimate of drug-likeness (QED) is 0.306. The summed E-state index contributed by atoms with van der Waals surface area (Å²) in [5, 5.41) is 0.791. The van der Waals surface area contributed by atoms with Crippen LogP contribution in [0.4, 0.5) is 5.69 Å². The smallest absolute Gasteiger partial charge is 0.270 e. The van der Waals surface area contributed by atoms with Crippen molar-refractivity contribution in [2.24, 2.45) is 0 Å². The highest BCUT2D eigenvalue weighted by molar-refractivity contribution is 8.27. The van der Waals surface area contributed by atoms with Gasteiger partial charge < -0.3 is 4.74 Å². The summed E-state index contributed by atoms with van der Waals surface area (Å²) in [6, 6.07) is 22.0. The number of hydrogen-bond acceptors (Lipinski definition) is 4. The van der Waals surface area contributed by atoms with E-state index in [0.717, 1.165) is 11.3 Å². The Hall–Kier alpha value is -2.31. The average Bonchev–Trinajstić information content (AvgIpc) is 2.98. The first-order valence-corrected chi connectivity index (χ1v) is 10.6. The molecule has 1 amide bonds. The zero-order valence-electron chi connectivity index (χ0n) is 14.8. The molecule has 1 fully saturated rings. The summed E-state index contributed by atoms with van der Waals surface area (Å²) in [5.41, 5.74) is 1.43. The Morgan fingerprint density at radius 1 is 0.897 bits per heavy atom. The number of hydrogen-bond donors (Lipinski definition) is 0. The summed E-state index contributed by atoms with van der Waals surface area (Å²) in [4.78, 5) is 14.9. The topological polar surface area (TPSA) is 29.5 Å². The number of carbonyl (C=O) groups is 1. The van der Waals surface area contributed by atoms with Crippen LogP contribution in [0, 0.1) is 0 Å². The van der Waals surface area contributed by atoms with Gasteiger partial charge in [-0.15, -0.1) is 0 Å². The van der Waals surface area contributed by atoms with Crippen molar-refractivity contribution in [1.29, 1.82) is 0 Å². The van der Waals surface area contributed by atoms with Crippen LogP contribution < -0.4 is 9.64 Å². The van der Waals surface area contributed by atoms with Gasteiger partial charge in [-0.25, -0.2) is 0 Å². The van der Waals surface area contributed by atoms with Gasteiger partial charge in [0, 0.05) is 0 Å². The third-order valence-corrected chi connectivity index (χ3v) is 6.13. The van der Waals surface area contributed by atoms with E-state index in [1.807, 2.05) is 54.6 Å². The van der Waals surface area contributed by atoms with Gasteiger partial charge in [-0.3, -0.25) is 9.69 Å². The maximum absolute atomic E-state index is 12.9. The fourth-order valence-corrected chi connectivity index (χ4v) is 4.35. The normalized spacial score (nSPS) is 15.2. The van der Waals surface area contributed by atoms with Gasteiger partial charge in [-0.1, -0.05) is 77.5 Å². The molecular formula is C22H13Cl2NO2S2. The van der Waals surface area contributed by atoms with Crippen molar-refractivity contribution in [2.75, 3.05) is 4.90 Å². The molecule has 3 aromatic rings. The van der Waals surface area contributed by atoms with Crippen LogP contribution in [0.15, 0.2) is 77.7 Å². The van der Waals surface area contributed by atoms with Gasteiger partial charge in [0.1, 0.15) is 11.5 Å². The van der Waals surface area contributed by atoms with Gasteiger partial charge in [-0.2, -0.15) is 0 Å². The highest BCUT2D eigenvalue weighted by atomic mass is 35.5. The van der Waals surface area contributed by atoms with Crippen LogP contribution in [0.3, 0.4) is 0 Å². The molecule has 4 rings (SSSR count). The molecule has 0 bridgehead atoms. The predicted molar refractivity (Wildman–Crippen MR) is 125 cm³/mol. The molecule has 0 saturated carbocycles. The summed E-state index contributed by atoms with van der Waals surface area (Å²) < 4.78 is 6.30. The number of amides is 1. The minimum atomic E-state index is -0.201. The van der Waals surface area contributed by atoms with Crippen LogP contribution in [0.1, 0.15) is 5.56 Å². The molecule has 0 N–H and O–H groups in total. The maximum atomic E-state index is 12.9. The fraction of sp³-hybridized carbons (Fsp3) is 0. The number of carbonyl (C=O) groups excluding carboxylic acids is 1. The Morgan fingerprint density at radius 3 is 2.41 bits per heavy atom. The Morgan fingerprint density at radius 2 is 1.66 bits per heavy atom. The minimum absolute atomic E-state index is 0.201. The molecule has 7 heteroatoms. The molecule has 0 atom stereocenters. The van der Waals surface area contributed by atoms with Crippen molar-refractivity contribution in [3.05, 3.63) is 93.3 Å². The summed E-state index contributed by atoms with van der Waals surface area (Å²) >= 11 is 18.7. The summed E-state index contributed by atoms with van der Waals surface area (Å²) in [5.74, 6) is 1.23. The van der Waals surface area contributed by atoms with E-state index in [1.54, 1.807) is 24.3 Å². The van der Waals surface area contributed by atoms with Gasteiger partial charge in [0.2, 0.25) is 0 Å². The first-order valence-electron chi connectivity index (χ1n) is 8.57. The van der Waals surface area contributed by atoms with Gasteiger partial charge in [0.15, 0.2) is 4.32 Å². The van der Waals surface area contributed by atoms with E-state index in [2.05, 4.69) is 0 Å². The van der Waals surface area contributed by atoms with Crippen LogP contribution in [-0.4, -0.2) is 10.2 Å². The highest BCUT2D eigenvalue weighted by Gasteiger charge is 2.33. The largest absolute Gasteiger partial charge is 0.457 e. The van der Waals surface area contributed by atoms with Crippen molar-refractivity contribution in [3.63, 3.8) is 0 Å². The number of nitrogens with zero attached hydrogens (tertiary/aromatic N) is 1. The van der Waals surface area contributed by atoms with Crippen LogP contribution in [0.5, 0.6) is 11.5 Å². The second-order valence-corrected chi connectivity index (χ2v) is 8.59. The second-order valence-electron chi connectivity index (χ2n) is 6.10. The van der Waals surface area contributed by atoms with Crippen molar-refractivity contribution in [3.8, 4) is 11.5 Å². The number of ether oxygens (including phenoxy) is 1. The van der Waals surface area contributed by atoms with Crippen LogP contribution >= 0.6 is 47.2 Å². The van der Waals surface area contributed by atoms with Gasteiger partial charge in [0.05, 0.1) is 20.6 Å². The SMILES string of the molecule is O=C1C(=Cc2cccc(Oc3ccccc3)c2)SC(=S)N1c1ccc(Cl)c(Cl)c1. The summed E-state index contributed by atoms with van der Waals surface area (Å²) in [7, 11) is 0. The Kier molecular flexibility index (Phi) is 5.92. The first-order chi connectivity index (χ1) is 14.0. The van der Waals surface area contributed by atoms with E-state index in [4.69, 9.17) is 40.2 Å². The lowest BCUT2D eigenvalue weighted by atomic mass is 10.2. The number of benzene rings is 3. The fourth-order valence-electron chi connectivity index (χ4n) is 2.76. The number of anilines is 1. The van der Waals surface area contributed by atoms with E-state index >= 15 is 0 Å². The lowest BCUT2D eigenvalue weighted by molar-refractivity contribution is -0.113. The second kappa shape index (κ2) is 8.59. The number of thiocarbonyl (C=S) groups is 1. The molecule has 1 saturated heterocycles.